The fourth-order valence-corrected chi connectivity index (χ4v) is 6.90. The Morgan fingerprint density at radius 2 is 1.93 bits per heavy atom. The first-order valence-electron chi connectivity index (χ1n) is 10.5. The second-order valence-electron chi connectivity index (χ2n) is 8.14. The van der Waals surface area contributed by atoms with Gasteiger partial charge in [-0.25, -0.2) is 8.42 Å². The predicted octanol–water partition coefficient (Wildman–Crippen LogP) is 3.22. The Bertz CT molecular complexity index is 786. The smallest absolute Gasteiger partial charge is 0.252 e. The number of guanidine groups is 1. The van der Waals surface area contributed by atoms with Gasteiger partial charge in [0.15, 0.2) is 5.96 Å². The largest absolute Gasteiger partial charge is 0.379 e. The molecule has 0 radical (unpaired) electrons. The molecule has 2 fully saturated rings. The Kier molecular flexibility index (Phi) is 10.3. The van der Waals surface area contributed by atoms with Gasteiger partial charge >= 0.3 is 0 Å². The van der Waals surface area contributed by atoms with Crippen LogP contribution in [0.25, 0.3) is 0 Å². The van der Waals surface area contributed by atoms with Gasteiger partial charge in [0, 0.05) is 38.6 Å². The highest BCUT2D eigenvalue weighted by Gasteiger charge is 2.28. The van der Waals surface area contributed by atoms with Crippen molar-refractivity contribution in [3.05, 3.63) is 17.0 Å². The van der Waals surface area contributed by atoms with Crippen LogP contribution in [0.4, 0.5) is 0 Å². The first-order valence-corrected chi connectivity index (χ1v) is 12.7. The Morgan fingerprint density at radius 3 is 2.57 bits per heavy atom. The van der Waals surface area contributed by atoms with E-state index in [4.69, 9.17) is 4.74 Å². The number of halogens is 1. The lowest BCUT2D eigenvalue weighted by molar-refractivity contribution is 0.0731. The fourth-order valence-electron chi connectivity index (χ4n) is 4.04. The number of rotatable bonds is 6. The molecule has 2 heterocycles. The highest BCUT2D eigenvalue weighted by Crippen LogP contribution is 2.29. The van der Waals surface area contributed by atoms with Crippen molar-refractivity contribution in [2.45, 2.75) is 43.4 Å². The molecule has 1 saturated carbocycles. The van der Waals surface area contributed by atoms with Gasteiger partial charge in [-0.2, -0.15) is 4.31 Å². The molecule has 0 bridgehead atoms. The van der Waals surface area contributed by atoms with Crippen molar-refractivity contribution in [3.8, 4) is 0 Å². The molecule has 3 rings (SSSR count). The summed E-state index contributed by atoms with van der Waals surface area (Å²) in [6.45, 7) is 5.68. The Morgan fingerprint density at radius 1 is 1.27 bits per heavy atom. The number of hydrogen-bond donors (Lipinski definition) is 1. The number of morpholine rings is 1. The summed E-state index contributed by atoms with van der Waals surface area (Å²) in [5.41, 5.74) is 0. The van der Waals surface area contributed by atoms with Crippen LogP contribution in [0.1, 0.15) is 37.5 Å². The van der Waals surface area contributed by atoms with E-state index in [-0.39, 0.29) is 24.0 Å². The summed E-state index contributed by atoms with van der Waals surface area (Å²) in [6, 6.07) is 3.60. The van der Waals surface area contributed by atoms with Crippen molar-refractivity contribution in [3.63, 3.8) is 0 Å². The van der Waals surface area contributed by atoms with E-state index in [1.807, 2.05) is 6.07 Å². The van der Waals surface area contributed by atoms with Gasteiger partial charge in [0.2, 0.25) is 0 Å². The molecule has 0 aromatic carbocycles. The summed E-state index contributed by atoms with van der Waals surface area (Å²) in [4.78, 5) is 7.59. The summed E-state index contributed by atoms with van der Waals surface area (Å²) >= 11 is 1.33. The zero-order valence-electron chi connectivity index (χ0n) is 18.2. The quantitative estimate of drug-likeness (QED) is 0.323. The van der Waals surface area contributed by atoms with E-state index in [1.165, 1.54) is 41.3 Å². The number of ether oxygens (including phenoxy) is 1. The topological polar surface area (TPSA) is 74.2 Å². The summed E-state index contributed by atoms with van der Waals surface area (Å²) in [5.74, 6) is 2.44. The zero-order chi connectivity index (χ0) is 20.9. The van der Waals surface area contributed by atoms with Crippen LogP contribution in [0.5, 0.6) is 0 Å². The number of nitrogens with one attached hydrogen (secondary N) is 1. The van der Waals surface area contributed by atoms with Gasteiger partial charge < -0.3 is 15.0 Å². The van der Waals surface area contributed by atoms with E-state index < -0.39 is 10.0 Å². The maximum Gasteiger partial charge on any atom is 0.252 e. The first kappa shape index (κ1) is 25.8. The van der Waals surface area contributed by atoms with Crippen molar-refractivity contribution in [1.82, 2.24) is 14.5 Å². The minimum absolute atomic E-state index is 0. The second kappa shape index (κ2) is 12.0. The van der Waals surface area contributed by atoms with Crippen LogP contribution in [-0.4, -0.2) is 70.5 Å². The van der Waals surface area contributed by atoms with Crippen LogP contribution >= 0.6 is 35.3 Å². The molecule has 10 heteroatoms. The van der Waals surface area contributed by atoms with Gasteiger partial charge in [0.25, 0.3) is 10.0 Å². The highest BCUT2D eigenvalue weighted by molar-refractivity contribution is 14.0. The van der Waals surface area contributed by atoms with Crippen molar-refractivity contribution >= 4 is 51.3 Å². The van der Waals surface area contributed by atoms with Crippen LogP contribution in [-0.2, 0) is 21.3 Å². The monoisotopic (exact) mass is 570 g/mol. The lowest BCUT2D eigenvalue weighted by Gasteiger charge is -2.31. The molecule has 1 aliphatic heterocycles. The van der Waals surface area contributed by atoms with Crippen LogP contribution in [0.3, 0.4) is 0 Å². The van der Waals surface area contributed by atoms with Crippen LogP contribution in [0.15, 0.2) is 21.3 Å². The zero-order valence-corrected chi connectivity index (χ0v) is 22.1. The van der Waals surface area contributed by atoms with Crippen molar-refractivity contribution < 1.29 is 13.2 Å². The Balaban J connectivity index is 0.00000320. The molecule has 0 atom stereocenters. The lowest BCUT2D eigenvalue weighted by Crippen LogP contribution is -2.41. The molecule has 0 unspecified atom stereocenters. The number of sulfonamides is 1. The normalized spacial score (nSPS) is 23.6. The standard InChI is InChI=1S/C20H34N4O3S2.HI/c1-16-4-6-17(7-5-16)15-23(3)20(21-2)22-14-18-8-9-19(28-18)29(25,26)24-10-12-27-13-11-24;/h8-9,16-17H,4-7,10-15H2,1-3H3,(H,21,22);1H. The molecule has 1 saturated heterocycles. The molecule has 0 spiro atoms. The summed E-state index contributed by atoms with van der Waals surface area (Å²) in [7, 11) is 0.454. The first-order chi connectivity index (χ1) is 13.9. The highest BCUT2D eigenvalue weighted by atomic mass is 127. The van der Waals surface area contributed by atoms with Gasteiger partial charge in [-0.3, -0.25) is 4.99 Å². The summed E-state index contributed by atoms with van der Waals surface area (Å²) < 4.78 is 32.7. The van der Waals surface area contributed by atoms with Gasteiger partial charge in [0.05, 0.1) is 19.8 Å². The van der Waals surface area contributed by atoms with E-state index in [1.54, 1.807) is 13.1 Å². The van der Waals surface area contributed by atoms with Crippen LogP contribution < -0.4 is 5.32 Å². The maximum absolute atomic E-state index is 12.8. The molecule has 1 aromatic heterocycles. The van der Waals surface area contributed by atoms with Gasteiger partial charge in [-0.1, -0.05) is 19.8 Å². The molecule has 30 heavy (non-hydrogen) atoms. The fraction of sp³-hybridized carbons (Fsp3) is 0.750. The predicted molar refractivity (Wildman–Crippen MR) is 133 cm³/mol. The van der Waals surface area contributed by atoms with Gasteiger partial charge in [0.1, 0.15) is 4.21 Å². The molecule has 7 nitrogen and oxygen atoms in total. The van der Waals surface area contributed by atoms with Crippen molar-refractivity contribution in [2.24, 2.45) is 16.8 Å². The van der Waals surface area contributed by atoms with Crippen molar-refractivity contribution in [1.29, 1.82) is 0 Å². The van der Waals surface area contributed by atoms with E-state index in [2.05, 4.69) is 29.2 Å². The molecule has 1 aromatic rings. The molecule has 172 valence electrons. The minimum atomic E-state index is -3.42. The molecule has 1 aliphatic carbocycles. The molecular weight excluding hydrogens is 535 g/mol. The Labute approximate surface area is 202 Å². The average Bonchev–Trinajstić information content (AvgIpc) is 3.21. The summed E-state index contributed by atoms with van der Waals surface area (Å²) in [6.07, 6.45) is 5.21. The average molecular weight is 571 g/mol. The third kappa shape index (κ3) is 6.78. The van der Waals surface area contributed by atoms with Gasteiger partial charge in [-0.15, -0.1) is 35.3 Å². The summed E-state index contributed by atoms with van der Waals surface area (Å²) in [5, 5.41) is 3.39. The Hall–Kier alpha value is -0.430. The molecular formula is C20H35IN4O3S2. The maximum atomic E-state index is 12.8. The molecule has 2 aliphatic rings. The molecule has 1 N–H and O–H groups in total. The van der Waals surface area contributed by atoms with E-state index >= 15 is 0 Å². The third-order valence-electron chi connectivity index (χ3n) is 5.86. The number of aliphatic imine (C=N–C) groups is 1. The van der Waals surface area contributed by atoms with Crippen LogP contribution in [0, 0.1) is 11.8 Å². The van der Waals surface area contributed by atoms with E-state index in [9.17, 15) is 8.42 Å². The number of nitrogens with zero attached hydrogens (tertiary/aromatic N) is 3. The minimum Gasteiger partial charge on any atom is -0.379 e. The molecule has 0 amide bonds. The second-order valence-corrected chi connectivity index (χ2v) is 11.5. The van der Waals surface area contributed by atoms with Gasteiger partial charge in [-0.05, 0) is 36.8 Å². The van der Waals surface area contributed by atoms with Crippen LogP contribution in [0.2, 0.25) is 0 Å². The SMILES string of the molecule is CN=C(NCc1ccc(S(=O)(=O)N2CCOCC2)s1)N(C)CC1CCC(C)CC1.I. The number of thiophene rings is 1. The van der Waals surface area contributed by atoms with E-state index in [0.717, 1.165) is 29.2 Å². The van der Waals surface area contributed by atoms with Crippen molar-refractivity contribution in [2.75, 3.05) is 46.9 Å². The van der Waals surface area contributed by atoms with E-state index in [0.29, 0.717) is 37.1 Å². The lowest BCUT2D eigenvalue weighted by atomic mass is 9.83. The third-order valence-corrected chi connectivity index (χ3v) is 9.31. The number of hydrogen-bond acceptors (Lipinski definition) is 5.